The van der Waals surface area contributed by atoms with E-state index in [1.807, 2.05) is 41.7 Å². The molecule has 7 nitrogen and oxygen atoms in total. The summed E-state index contributed by atoms with van der Waals surface area (Å²) in [7, 11) is 0. The summed E-state index contributed by atoms with van der Waals surface area (Å²) in [5.41, 5.74) is 2.27. The van der Waals surface area contributed by atoms with E-state index in [9.17, 15) is 9.59 Å². The molecule has 1 amide bonds. The number of hydrogen-bond acceptors (Lipinski definition) is 5. The van der Waals surface area contributed by atoms with Crippen molar-refractivity contribution < 1.29 is 4.79 Å². The Morgan fingerprint density at radius 2 is 2.00 bits per heavy atom. The quantitative estimate of drug-likeness (QED) is 0.414. The first-order chi connectivity index (χ1) is 15.0. The van der Waals surface area contributed by atoms with Crippen molar-refractivity contribution in [2.24, 2.45) is 0 Å². The van der Waals surface area contributed by atoms with Gasteiger partial charge in [-0.1, -0.05) is 54.9 Å². The lowest BCUT2D eigenvalue weighted by Crippen LogP contribution is -2.23. The van der Waals surface area contributed by atoms with E-state index in [4.69, 9.17) is 11.6 Å². The number of anilines is 1. The summed E-state index contributed by atoms with van der Waals surface area (Å²) in [4.78, 5) is 25.5. The fourth-order valence-corrected chi connectivity index (χ4v) is 4.30. The van der Waals surface area contributed by atoms with E-state index < -0.39 is 0 Å². The van der Waals surface area contributed by atoms with Crippen molar-refractivity contribution in [3.05, 3.63) is 63.4 Å². The molecular weight excluding hydrogens is 434 g/mol. The second-order valence-electron chi connectivity index (χ2n) is 7.24. The van der Waals surface area contributed by atoms with E-state index in [0.717, 1.165) is 23.9 Å². The Morgan fingerprint density at radius 3 is 2.81 bits per heavy atom. The van der Waals surface area contributed by atoms with Crippen LogP contribution in [0.15, 0.2) is 52.4 Å². The van der Waals surface area contributed by atoms with Gasteiger partial charge in [0, 0.05) is 17.3 Å². The Kier molecular flexibility index (Phi) is 6.29. The highest BCUT2D eigenvalue weighted by Crippen LogP contribution is 2.23. The number of benzene rings is 2. The van der Waals surface area contributed by atoms with Crippen LogP contribution in [0.2, 0.25) is 5.02 Å². The number of nitrogens with zero attached hydrogens (tertiary/aromatic N) is 4. The van der Waals surface area contributed by atoms with Gasteiger partial charge >= 0.3 is 0 Å². The molecule has 4 rings (SSSR count). The molecule has 0 unspecified atom stereocenters. The normalized spacial score (nSPS) is 11.3. The highest BCUT2D eigenvalue weighted by Gasteiger charge is 2.17. The van der Waals surface area contributed by atoms with Crippen molar-refractivity contribution in [2.45, 2.75) is 38.4 Å². The van der Waals surface area contributed by atoms with Crippen LogP contribution in [0, 0.1) is 6.92 Å². The first-order valence-corrected chi connectivity index (χ1v) is 11.4. The molecule has 0 bridgehead atoms. The minimum Gasteiger partial charge on any atom is -0.325 e. The Labute approximate surface area is 188 Å². The van der Waals surface area contributed by atoms with Crippen molar-refractivity contribution >= 4 is 51.6 Å². The van der Waals surface area contributed by atoms with Gasteiger partial charge in [-0.05, 0) is 43.2 Å². The van der Waals surface area contributed by atoms with Crippen LogP contribution in [0.4, 0.5) is 5.69 Å². The van der Waals surface area contributed by atoms with Gasteiger partial charge in [0.05, 0.1) is 16.7 Å². The maximum absolute atomic E-state index is 13.0. The van der Waals surface area contributed by atoms with Crippen molar-refractivity contribution in [3.63, 3.8) is 0 Å². The zero-order chi connectivity index (χ0) is 22.0. The molecule has 0 spiro atoms. The number of unbranched alkanes of at least 4 members (excludes halogenated alkanes) is 1. The number of rotatable bonds is 7. The third-order valence-electron chi connectivity index (χ3n) is 5.02. The van der Waals surface area contributed by atoms with E-state index >= 15 is 0 Å². The van der Waals surface area contributed by atoms with E-state index in [2.05, 4.69) is 22.4 Å². The van der Waals surface area contributed by atoms with Gasteiger partial charge in [0.2, 0.25) is 11.7 Å². The average molecular weight is 456 g/mol. The maximum Gasteiger partial charge on any atom is 0.262 e. The average Bonchev–Trinajstić information content (AvgIpc) is 3.19. The molecule has 0 atom stereocenters. The molecule has 31 heavy (non-hydrogen) atoms. The lowest BCUT2D eigenvalue weighted by atomic mass is 10.2. The number of aryl methyl sites for hydroxylation is 2. The summed E-state index contributed by atoms with van der Waals surface area (Å²) in [5, 5.41) is 13.2. The molecule has 0 saturated carbocycles. The predicted octanol–water partition coefficient (Wildman–Crippen LogP) is 4.54. The van der Waals surface area contributed by atoms with Gasteiger partial charge in [-0.3, -0.25) is 18.6 Å². The Hall–Kier alpha value is -2.84. The number of carbonyl (C=O) groups is 1. The largest absolute Gasteiger partial charge is 0.325 e. The van der Waals surface area contributed by atoms with Crippen LogP contribution >= 0.6 is 23.4 Å². The molecule has 0 fully saturated rings. The molecule has 9 heteroatoms. The molecular formula is C22H22ClN5O2S. The van der Waals surface area contributed by atoms with Crippen molar-refractivity contribution in [3.8, 4) is 0 Å². The van der Waals surface area contributed by atoms with E-state index in [1.165, 1.54) is 11.8 Å². The second kappa shape index (κ2) is 9.11. The van der Waals surface area contributed by atoms with Crippen molar-refractivity contribution in [1.29, 1.82) is 0 Å². The Morgan fingerprint density at radius 1 is 1.19 bits per heavy atom. The zero-order valence-electron chi connectivity index (χ0n) is 17.3. The highest BCUT2D eigenvalue weighted by atomic mass is 35.5. The van der Waals surface area contributed by atoms with Crippen LogP contribution in [-0.2, 0) is 11.3 Å². The second-order valence-corrected chi connectivity index (χ2v) is 8.62. The Balaban J connectivity index is 1.65. The topological polar surface area (TPSA) is 81.3 Å². The highest BCUT2D eigenvalue weighted by molar-refractivity contribution is 7.99. The van der Waals surface area contributed by atoms with E-state index in [1.54, 1.807) is 16.7 Å². The zero-order valence-corrected chi connectivity index (χ0v) is 18.8. The SMILES string of the molecule is CCCCn1c(=O)c2ccccc2n2c(SCC(=O)Nc3cc(Cl)ccc3C)nnc12. The van der Waals surface area contributed by atoms with Crippen LogP contribution < -0.4 is 10.9 Å². The summed E-state index contributed by atoms with van der Waals surface area (Å²) in [5.74, 6) is 0.469. The molecule has 0 aliphatic rings. The minimum atomic E-state index is -0.171. The standard InChI is InChI=1S/C22H22ClN5O2S/c1-3-4-11-27-20(30)16-7-5-6-8-18(16)28-21(27)25-26-22(28)31-13-19(29)24-17-12-15(23)10-9-14(17)2/h5-10,12H,3-4,11,13H2,1-2H3,(H,24,29). The van der Waals surface area contributed by atoms with Gasteiger partial charge in [0.15, 0.2) is 5.16 Å². The monoisotopic (exact) mass is 455 g/mol. The summed E-state index contributed by atoms with van der Waals surface area (Å²) in [6, 6.07) is 12.8. The van der Waals surface area contributed by atoms with Crippen molar-refractivity contribution in [1.82, 2.24) is 19.2 Å². The molecule has 0 aliphatic carbocycles. The Bertz CT molecular complexity index is 1330. The molecule has 0 radical (unpaired) electrons. The summed E-state index contributed by atoms with van der Waals surface area (Å²) < 4.78 is 3.52. The van der Waals surface area contributed by atoms with Gasteiger partial charge in [-0.15, -0.1) is 10.2 Å². The molecule has 2 heterocycles. The molecule has 2 aromatic carbocycles. The van der Waals surface area contributed by atoms with Gasteiger partial charge in [-0.2, -0.15) is 0 Å². The minimum absolute atomic E-state index is 0.0744. The predicted molar refractivity (Wildman–Crippen MR) is 125 cm³/mol. The molecule has 4 aromatic rings. The first kappa shape index (κ1) is 21.4. The number of amides is 1. The summed E-state index contributed by atoms with van der Waals surface area (Å²) in [6.45, 7) is 4.56. The number of hydrogen-bond donors (Lipinski definition) is 1. The molecule has 0 aliphatic heterocycles. The van der Waals surface area contributed by atoms with Gasteiger partial charge in [-0.25, -0.2) is 0 Å². The van der Waals surface area contributed by atoms with E-state index in [-0.39, 0.29) is 17.2 Å². The number of fused-ring (bicyclic) bond motifs is 3. The summed E-state index contributed by atoms with van der Waals surface area (Å²) in [6.07, 6.45) is 1.83. The fraction of sp³-hybridized carbons (Fsp3) is 0.273. The number of thioether (sulfide) groups is 1. The van der Waals surface area contributed by atoms with Gasteiger partial charge in [0.25, 0.3) is 5.56 Å². The van der Waals surface area contributed by atoms with Crippen molar-refractivity contribution in [2.75, 3.05) is 11.1 Å². The smallest absolute Gasteiger partial charge is 0.262 e. The van der Waals surface area contributed by atoms with Crippen LogP contribution in [0.3, 0.4) is 0 Å². The lowest BCUT2D eigenvalue weighted by Gasteiger charge is -2.11. The number of para-hydroxylation sites is 1. The van der Waals surface area contributed by atoms with Crippen LogP contribution in [0.5, 0.6) is 0 Å². The van der Waals surface area contributed by atoms with Gasteiger partial charge < -0.3 is 5.32 Å². The maximum atomic E-state index is 13.0. The third kappa shape index (κ3) is 4.31. The van der Waals surface area contributed by atoms with Crippen LogP contribution in [0.1, 0.15) is 25.3 Å². The number of aromatic nitrogens is 4. The number of carbonyl (C=O) groups excluding carboxylic acids is 1. The van der Waals surface area contributed by atoms with Crippen LogP contribution in [-0.4, -0.2) is 30.8 Å². The third-order valence-corrected chi connectivity index (χ3v) is 6.18. The summed E-state index contributed by atoms with van der Waals surface area (Å²) >= 11 is 7.31. The molecule has 160 valence electrons. The van der Waals surface area contributed by atoms with E-state index in [0.29, 0.717) is 33.6 Å². The lowest BCUT2D eigenvalue weighted by molar-refractivity contribution is -0.113. The number of halogens is 1. The first-order valence-electron chi connectivity index (χ1n) is 10.0. The molecule has 1 N–H and O–H groups in total. The van der Waals surface area contributed by atoms with Gasteiger partial charge in [0.1, 0.15) is 0 Å². The fourth-order valence-electron chi connectivity index (χ4n) is 3.39. The molecule has 2 aromatic heterocycles. The molecule has 0 saturated heterocycles. The van der Waals surface area contributed by atoms with Crippen LogP contribution in [0.25, 0.3) is 16.7 Å². The number of nitrogens with one attached hydrogen (secondary N) is 1.